The molecule has 10 heteroatoms. The fourth-order valence-corrected chi connectivity index (χ4v) is 4.80. The van der Waals surface area contributed by atoms with E-state index in [-0.39, 0.29) is 43.0 Å². The Labute approximate surface area is 162 Å². The van der Waals surface area contributed by atoms with E-state index in [0.29, 0.717) is 17.4 Å². The molecule has 152 valence electrons. The summed E-state index contributed by atoms with van der Waals surface area (Å²) in [7, 11) is -3.44. The lowest BCUT2D eigenvalue weighted by Crippen LogP contribution is -2.43. The van der Waals surface area contributed by atoms with Gasteiger partial charge >= 0.3 is 6.55 Å². The van der Waals surface area contributed by atoms with E-state index in [2.05, 4.69) is 10.3 Å². The van der Waals surface area contributed by atoms with Crippen LogP contribution in [0.2, 0.25) is 0 Å². The van der Waals surface area contributed by atoms with Gasteiger partial charge in [-0.05, 0) is 18.4 Å². The number of hydrogen-bond acceptors (Lipinski definition) is 4. The number of nitrogens with zero attached hydrogens (tertiary/aromatic N) is 3. The minimum absolute atomic E-state index is 0.0685. The highest BCUT2D eigenvalue weighted by molar-refractivity contribution is 7.88. The van der Waals surface area contributed by atoms with Gasteiger partial charge in [-0.2, -0.15) is 8.78 Å². The van der Waals surface area contributed by atoms with Crippen LogP contribution in [0.1, 0.15) is 30.8 Å². The molecular weight excluding hydrogens is 390 g/mol. The van der Waals surface area contributed by atoms with E-state index in [4.69, 9.17) is 0 Å². The fraction of sp³-hybridized carbons (Fsp3) is 0.444. The van der Waals surface area contributed by atoms with Crippen LogP contribution in [0.4, 0.5) is 8.78 Å². The van der Waals surface area contributed by atoms with Crippen LogP contribution in [0.3, 0.4) is 0 Å². The van der Waals surface area contributed by atoms with Crippen LogP contribution >= 0.6 is 0 Å². The molecule has 1 aliphatic heterocycles. The van der Waals surface area contributed by atoms with Crippen molar-refractivity contribution in [2.24, 2.45) is 5.92 Å². The number of carbonyl (C=O) groups is 1. The second-order valence-electron chi connectivity index (χ2n) is 6.66. The lowest BCUT2D eigenvalue weighted by atomic mass is 9.97. The van der Waals surface area contributed by atoms with Gasteiger partial charge in [-0.25, -0.2) is 17.7 Å². The third-order valence-electron chi connectivity index (χ3n) is 4.79. The fourth-order valence-electron chi connectivity index (χ4n) is 3.24. The van der Waals surface area contributed by atoms with Crippen molar-refractivity contribution in [2.75, 3.05) is 13.1 Å². The quantitative estimate of drug-likeness (QED) is 0.755. The Hall–Kier alpha value is -2.33. The largest absolute Gasteiger partial charge is 0.349 e. The predicted molar refractivity (Wildman–Crippen MR) is 98.7 cm³/mol. The first-order chi connectivity index (χ1) is 13.4. The maximum absolute atomic E-state index is 12.8. The maximum atomic E-state index is 12.8. The molecule has 0 radical (unpaired) electrons. The summed E-state index contributed by atoms with van der Waals surface area (Å²) >= 11 is 0. The first-order valence-electron chi connectivity index (χ1n) is 8.96. The van der Waals surface area contributed by atoms with Crippen LogP contribution in [0.5, 0.6) is 0 Å². The van der Waals surface area contributed by atoms with Gasteiger partial charge in [0.05, 0.1) is 12.3 Å². The minimum atomic E-state index is -3.44. The maximum Gasteiger partial charge on any atom is 0.319 e. The number of nitrogens with one attached hydrogen (secondary N) is 1. The van der Waals surface area contributed by atoms with Gasteiger partial charge in [0.15, 0.2) is 0 Å². The van der Waals surface area contributed by atoms with Crippen molar-refractivity contribution in [1.29, 1.82) is 0 Å². The number of alkyl halides is 2. The standard InChI is InChI=1S/C18H22F2N4O3S/c19-18(20)24-11-8-21-16(24)12-22-17(25)15-6-9-23(10-7-15)28(26,27)13-14-4-2-1-3-5-14/h1-5,8,11,15,18H,6-7,9-10,12-13H2,(H,22,25). The number of hydrogen-bond donors (Lipinski definition) is 1. The van der Waals surface area contributed by atoms with Crippen molar-refractivity contribution in [2.45, 2.75) is 31.7 Å². The zero-order chi connectivity index (χ0) is 20.1. The van der Waals surface area contributed by atoms with Crippen molar-refractivity contribution in [1.82, 2.24) is 19.2 Å². The molecule has 1 saturated heterocycles. The average molecular weight is 412 g/mol. The molecule has 3 rings (SSSR count). The summed E-state index contributed by atoms with van der Waals surface area (Å²) in [6.07, 6.45) is 3.19. The van der Waals surface area contributed by atoms with Crippen molar-refractivity contribution in [3.05, 3.63) is 54.1 Å². The lowest BCUT2D eigenvalue weighted by Gasteiger charge is -2.30. The Kier molecular flexibility index (Phi) is 6.40. The van der Waals surface area contributed by atoms with Crippen LogP contribution < -0.4 is 5.32 Å². The first kappa shape index (κ1) is 20.4. The van der Waals surface area contributed by atoms with Gasteiger partial charge in [-0.15, -0.1) is 0 Å². The highest BCUT2D eigenvalue weighted by Gasteiger charge is 2.31. The summed E-state index contributed by atoms with van der Waals surface area (Å²) in [6, 6.07) is 8.94. The molecule has 1 fully saturated rings. The van der Waals surface area contributed by atoms with Gasteiger partial charge in [0.25, 0.3) is 0 Å². The number of amides is 1. The highest BCUT2D eigenvalue weighted by atomic mass is 32.2. The Balaban J connectivity index is 1.50. The van der Waals surface area contributed by atoms with Crippen molar-refractivity contribution in [3.8, 4) is 0 Å². The molecule has 1 aromatic carbocycles. The van der Waals surface area contributed by atoms with Crippen LogP contribution in [-0.4, -0.2) is 41.3 Å². The van der Waals surface area contributed by atoms with E-state index >= 15 is 0 Å². The van der Waals surface area contributed by atoms with E-state index in [0.717, 1.165) is 11.8 Å². The molecule has 0 atom stereocenters. The number of imidazole rings is 1. The van der Waals surface area contributed by atoms with Crippen LogP contribution in [-0.2, 0) is 27.1 Å². The number of carbonyl (C=O) groups excluding carboxylic acids is 1. The summed E-state index contributed by atoms with van der Waals surface area (Å²) in [5.41, 5.74) is 0.719. The predicted octanol–water partition coefficient (Wildman–Crippen LogP) is 2.14. The highest BCUT2D eigenvalue weighted by Crippen LogP contribution is 2.22. The van der Waals surface area contributed by atoms with Crippen LogP contribution in [0.25, 0.3) is 0 Å². The Bertz CT molecular complexity index is 895. The Morgan fingerprint density at radius 2 is 1.89 bits per heavy atom. The van der Waals surface area contributed by atoms with E-state index in [9.17, 15) is 22.0 Å². The molecule has 28 heavy (non-hydrogen) atoms. The molecule has 0 saturated carbocycles. The molecule has 0 aliphatic carbocycles. The molecule has 1 amide bonds. The smallest absolute Gasteiger partial charge is 0.319 e. The SMILES string of the molecule is O=C(NCc1nccn1C(F)F)C1CCN(S(=O)(=O)Cc2ccccc2)CC1. The summed E-state index contributed by atoms with van der Waals surface area (Å²) in [5.74, 6) is -0.616. The Morgan fingerprint density at radius 3 is 2.54 bits per heavy atom. The summed E-state index contributed by atoms with van der Waals surface area (Å²) < 4.78 is 52.8. The van der Waals surface area contributed by atoms with Crippen LogP contribution in [0.15, 0.2) is 42.7 Å². The number of halogens is 2. The second-order valence-corrected chi connectivity index (χ2v) is 8.63. The molecule has 1 aromatic heterocycles. The molecule has 1 N–H and O–H groups in total. The van der Waals surface area contributed by atoms with Gasteiger partial charge in [0, 0.05) is 31.4 Å². The van der Waals surface area contributed by atoms with Gasteiger partial charge in [0.1, 0.15) is 5.82 Å². The first-order valence-corrected chi connectivity index (χ1v) is 10.6. The molecule has 2 heterocycles. The zero-order valence-electron chi connectivity index (χ0n) is 15.2. The van der Waals surface area contributed by atoms with E-state index in [1.807, 2.05) is 6.07 Å². The molecule has 7 nitrogen and oxygen atoms in total. The molecule has 2 aromatic rings. The lowest BCUT2D eigenvalue weighted by molar-refractivity contribution is -0.126. The number of piperidine rings is 1. The topological polar surface area (TPSA) is 84.3 Å². The summed E-state index contributed by atoms with van der Waals surface area (Å²) in [5, 5.41) is 2.62. The van der Waals surface area contributed by atoms with E-state index in [1.54, 1.807) is 24.3 Å². The van der Waals surface area contributed by atoms with Gasteiger partial charge in [0.2, 0.25) is 15.9 Å². The molecule has 0 unspecified atom stereocenters. The van der Waals surface area contributed by atoms with E-state index < -0.39 is 16.6 Å². The van der Waals surface area contributed by atoms with Gasteiger partial charge in [-0.3, -0.25) is 9.36 Å². The van der Waals surface area contributed by atoms with E-state index in [1.165, 1.54) is 10.5 Å². The van der Waals surface area contributed by atoms with Crippen LogP contribution in [0, 0.1) is 5.92 Å². The normalized spacial score (nSPS) is 16.4. The van der Waals surface area contributed by atoms with Gasteiger partial charge in [-0.1, -0.05) is 30.3 Å². The number of benzene rings is 1. The average Bonchev–Trinajstić information content (AvgIpc) is 3.16. The number of aromatic nitrogens is 2. The molecule has 0 bridgehead atoms. The van der Waals surface area contributed by atoms with Crippen molar-refractivity contribution in [3.63, 3.8) is 0 Å². The Morgan fingerprint density at radius 1 is 1.21 bits per heavy atom. The van der Waals surface area contributed by atoms with Gasteiger partial charge < -0.3 is 5.32 Å². The minimum Gasteiger partial charge on any atom is -0.349 e. The second kappa shape index (κ2) is 8.78. The number of sulfonamides is 1. The monoisotopic (exact) mass is 412 g/mol. The molecule has 0 spiro atoms. The number of rotatable bonds is 7. The zero-order valence-corrected chi connectivity index (χ0v) is 16.0. The molecule has 1 aliphatic rings. The summed E-state index contributed by atoms with van der Waals surface area (Å²) in [6.45, 7) is -2.28. The van der Waals surface area contributed by atoms with Crippen molar-refractivity contribution >= 4 is 15.9 Å². The summed E-state index contributed by atoms with van der Waals surface area (Å²) in [4.78, 5) is 16.1. The third kappa shape index (κ3) is 4.93. The molecular formula is C18H22F2N4O3S. The third-order valence-corrected chi connectivity index (χ3v) is 6.64. The van der Waals surface area contributed by atoms with Crippen molar-refractivity contribution < 1.29 is 22.0 Å².